The van der Waals surface area contributed by atoms with E-state index in [4.69, 9.17) is 11.6 Å². The van der Waals surface area contributed by atoms with Crippen molar-refractivity contribution >= 4 is 51.4 Å². The highest BCUT2D eigenvalue weighted by atomic mass is 127. The van der Waals surface area contributed by atoms with E-state index in [9.17, 15) is 12.8 Å². The van der Waals surface area contributed by atoms with Crippen LogP contribution in [0.3, 0.4) is 0 Å². The average Bonchev–Trinajstić information content (AvgIpc) is 2.59. The number of aliphatic imine (C=N–C) groups is 1. The van der Waals surface area contributed by atoms with Crippen molar-refractivity contribution in [3.8, 4) is 0 Å². The van der Waals surface area contributed by atoms with Crippen molar-refractivity contribution in [1.82, 2.24) is 15.6 Å². The molecule has 2 rings (SSSR count). The minimum atomic E-state index is -3.22. The van der Waals surface area contributed by atoms with E-state index in [0.717, 1.165) is 11.8 Å². The summed E-state index contributed by atoms with van der Waals surface area (Å²) in [5.41, 5.74) is 2.02. The second-order valence-corrected chi connectivity index (χ2v) is 8.55. The number of hydrogen-bond acceptors (Lipinski definition) is 4. The standard InChI is InChI=1S/C18H22ClFN4O2S.HI/c1-3-21-18(23-10-13-4-7-17(19)22-9-13)24-11-15-8-16(20)6-5-14(15)12-27(2,25)26;/h4-9H,3,10-12H2,1-2H3,(H2,21,23,24);1H. The molecule has 0 unspecified atom stereocenters. The molecule has 1 heterocycles. The molecule has 0 bridgehead atoms. The van der Waals surface area contributed by atoms with Gasteiger partial charge in [0.25, 0.3) is 0 Å². The number of hydrogen-bond donors (Lipinski definition) is 2. The predicted octanol–water partition coefficient (Wildman–Crippen LogP) is 3.29. The van der Waals surface area contributed by atoms with Crippen molar-refractivity contribution in [2.75, 3.05) is 12.8 Å². The number of pyridine rings is 1. The fraction of sp³-hybridized carbons (Fsp3) is 0.333. The maximum Gasteiger partial charge on any atom is 0.191 e. The van der Waals surface area contributed by atoms with Crippen LogP contribution < -0.4 is 10.6 Å². The smallest absolute Gasteiger partial charge is 0.191 e. The molecule has 0 aliphatic rings. The first kappa shape index (κ1) is 24.6. The predicted molar refractivity (Wildman–Crippen MR) is 121 cm³/mol. The van der Waals surface area contributed by atoms with Gasteiger partial charge < -0.3 is 10.6 Å². The summed E-state index contributed by atoms with van der Waals surface area (Å²) >= 11 is 5.77. The van der Waals surface area contributed by atoms with Gasteiger partial charge in [0.15, 0.2) is 15.8 Å². The number of halogens is 3. The van der Waals surface area contributed by atoms with Gasteiger partial charge in [0.05, 0.1) is 12.3 Å². The summed E-state index contributed by atoms with van der Waals surface area (Å²) in [5, 5.41) is 6.61. The van der Waals surface area contributed by atoms with Crippen LogP contribution in [0.2, 0.25) is 5.15 Å². The van der Waals surface area contributed by atoms with Gasteiger partial charge in [-0.05, 0) is 41.8 Å². The molecule has 0 aliphatic heterocycles. The molecule has 6 nitrogen and oxygen atoms in total. The van der Waals surface area contributed by atoms with Crippen LogP contribution in [0.25, 0.3) is 0 Å². The van der Waals surface area contributed by atoms with Crippen LogP contribution in [-0.2, 0) is 28.7 Å². The Morgan fingerprint density at radius 2 is 1.96 bits per heavy atom. The molecule has 1 aromatic carbocycles. The molecular formula is C18H23ClFIN4O2S. The fourth-order valence-electron chi connectivity index (χ4n) is 2.37. The van der Waals surface area contributed by atoms with E-state index in [-0.39, 0.29) is 36.3 Å². The highest BCUT2D eigenvalue weighted by Gasteiger charge is 2.11. The zero-order valence-electron chi connectivity index (χ0n) is 15.6. The van der Waals surface area contributed by atoms with Gasteiger partial charge in [0.2, 0.25) is 0 Å². The minimum Gasteiger partial charge on any atom is -0.357 e. The molecule has 0 amide bonds. The lowest BCUT2D eigenvalue weighted by molar-refractivity contribution is 0.599. The van der Waals surface area contributed by atoms with E-state index in [1.807, 2.05) is 13.0 Å². The molecule has 2 N–H and O–H groups in total. The summed E-state index contributed by atoms with van der Waals surface area (Å²) in [6, 6.07) is 7.62. The molecule has 2 aromatic rings. The van der Waals surface area contributed by atoms with E-state index >= 15 is 0 Å². The Balaban J connectivity index is 0.00000392. The highest BCUT2D eigenvalue weighted by molar-refractivity contribution is 14.0. The summed E-state index contributed by atoms with van der Waals surface area (Å²) in [5.74, 6) is -0.0331. The first-order valence-corrected chi connectivity index (χ1v) is 10.8. The Labute approximate surface area is 186 Å². The average molecular weight is 541 g/mol. The van der Waals surface area contributed by atoms with Gasteiger partial charge in [-0.3, -0.25) is 0 Å². The van der Waals surface area contributed by atoms with Crippen LogP contribution in [-0.4, -0.2) is 32.2 Å². The van der Waals surface area contributed by atoms with Gasteiger partial charge in [-0.2, -0.15) is 0 Å². The van der Waals surface area contributed by atoms with Crippen molar-refractivity contribution in [1.29, 1.82) is 0 Å². The van der Waals surface area contributed by atoms with Gasteiger partial charge in [-0.25, -0.2) is 22.8 Å². The van der Waals surface area contributed by atoms with E-state index in [1.165, 1.54) is 18.2 Å². The molecule has 0 saturated carbocycles. The number of nitrogens with zero attached hydrogens (tertiary/aromatic N) is 2. The molecule has 154 valence electrons. The summed E-state index contributed by atoms with van der Waals surface area (Å²) < 4.78 is 36.8. The second kappa shape index (κ2) is 11.5. The summed E-state index contributed by atoms with van der Waals surface area (Å²) in [4.78, 5) is 8.46. The molecule has 0 fully saturated rings. The molecule has 0 spiro atoms. The highest BCUT2D eigenvalue weighted by Crippen LogP contribution is 2.14. The molecule has 0 saturated heterocycles. The van der Waals surface area contributed by atoms with E-state index < -0.39 is 15.7 Å². The lowest BCUT2D eigenvalue weighted by Gasteiger charge is -2.14. The van der Waals surface area contributed by atoms with Crippen molar-refractivity contribution in [2.45, 2.75) is 25.8 Å². The lowest BCUT2D eigenvalue weighted by Crippen LogP contribution is -2.37. The van der Waals surface area contributed by atoms with Gasteiger partial charge in [-0.15, -0.1) is 24.0 Å². The van der Waals surface area contributed by atoms with Gasteiger partial charge >= 0.3 is 0 Å². The maximum atomic E-state index is 13.6. The first-order valence-electron chi connectivity index (χ1n) is 8.34. The Bertz CT molecular complexity index is 908. The van der Waals surface area contributed by atoms with Crippen LogP contribution in [0.5, 0.6) is 0 Å². The number of nitrogens with one attached hydrogen (secondary N) is 2. The number of guanidine groups is 1. The third-order valence-electron chi connectivity index (χ3n) is 3.58. The molecule has 1 aromatic heterocycles. The zero-order valence-corrected chi connectivity index (χ0v) is 19.5. The van der Waals surface area contributed by atoms with Crippen LogP contribution in [0.4, 0.5) is 4.39 Å². The van der Waals surface area contributed by atoms with Crippen LogP contribution >= 0.6 is 35.6 Å². The normalized spacial score (nSPS) is 11.6. The van der Waals surface area contributed by atoms with Crippen molar-refractivity contribution in [3.05, 3.63) is 64.2 Å². The lowest BCUT2D eigenvalue weighted by atomic mass is 10.1. The number of sulfone groups is 1. The van der Waals surface area contributed by atoms with Crippen molar-refractivity contribution in [3.63, 3.8) is 0 Å². The molecule has 10 heteroatoms. The fourth-order valence-corrected chi connectivity index (χ4v) is 3.33. The molecule has 0 aliphatic carbocycles. The van der Waals surface area contributed by atoms with Crippen LogP contribution in [0.15, 0.2) is 41.5 Å². The van der Waals surface area contributed by atoms with Gasteiger partial charge in [0, 0.05) is 25.5 Å². The quantitative estimate of drug-likeness (QED) is 0.244. The number of benzene rings is 1. The molecule has 0 radical (unpaired) electrons. The molecular weight excluding hydrogens is 518 g/mol. The zero-order chi connectivity index (χ0) is 19.9. The number of aromatic nitrogens is 1. The van der Waals surface area contributed by atoms with Gasteiger partial charge in [0.1, 0.15) is 11.0 Å². The number of rotatable bonds is 7. The molecule has 28 heavy (non-hydrogen) atoms. The van der Waals surface area contributed by atoms with E-state index in [0.29, 0.717) is 35.3 Å². The third kappa shape index (κ3) is 8.70. The monoisotopic (exact) mass is 540 g/mol. The van der Waals surface area contributed by atoms with Crippen LogP contribution in [0.1, 0.15) is 23.6 Å². The van der Waals surface area contributed by atoms with Gasteiger partial charge in [-0.1, -0.05) is 23.7 Å². The first-order chi connectivity index (χ1) is 12.8. The Morgan fingerprint density at radius 1 is 1.21 bits per heavy atom. The van der Waals surface area contributed by atoms with Crippen LogP contribution in [0, 0.1) is 5.82 Å². The van der Waals surface area contributed by atoms with Crippen molar-refractivity contribution in [2.24, 2.45) is 4.99 Å². The maximum absolute atomic E-state index is 13.6. The Morgan fingerprint density at radius 3 is 2.57 bits per heavy atom. The van der Waals surface area contributed by atoms with E-state index in [2.05, 4.69) is 20.6 Å². The topological polar surface area (TPSA) is 83.4 Å². The second-order valence-electron chi connectivity index (χ2n) is 6.02. The largest absolute Gasteiger partial charge is 0.357 e. The Hall–Kier alpha value is -1.46. The van der Waals surface area contributed by atoms with E-state index in [1.54, 1.807) is 12.3 Å². The summed E-state index contributed by atoms with van der Waals surface area (Å²) in [6.45, 7) is 3.20. The minimum absolute atomic E-state index is 0. The Kier molecular flexibility index (Phi) is 10.1. The summed E-state index contributed by atoms with van der Waals surface area (Å²) in [6.07, 6.45) is 2.80. The van der Waals surface area contributed by atoms with Crippen molar-refractivity contribution < 1.29 is 12.8 Å². The molecule has 0 atom stereocenters. The summed E-state index contributed by atoms with van der Waals surface area (Å²) in [7, 11) is -3.22. The SMILES string of the molecule is CCNC(=NCc1ccc(Cl)nc1)NCc1cc(F)ccc1CS(C)(=O)=O.I. The third-order valence-corrected chi connectivity index (χ3v) is 4.64.